The van der Waals surface area contributed by atoms with Crippen LogP contribution in [0.5, 0.6) is 5.75 Å². The van der Waals surface area contributed by atoms with Gasteiger partial charge in [0.1, 0.15) is 5.75 Å². The van der Waals surface area contributed by atoms with Crippen LogP contribution in [-0.2, 0) is 5.41 Å². The number of hydrogen-bond acceptors (Lipinski definition) is 4. The van der Waals surface area contributed by atoms with Gasteiger partial charge >= 0.3 is 0 Å². The highest BCUT2D eigenvalue weighted by Crippen LogP contribution is 2.41. The Hall–Kier alpha value is -2.82. The van der Waals surface area contributed by atoms with Gasteiger partial charge in [-0.2, -0.15) is 0 Å². The lowest BCUT2D eigenvalue weighted by Crippen LogP contribution is -2.31. The minimum absolute atomic E-state index is 0.0279. The molecule has 2 N–H and O–H groups in total. The highest BCUT2D eigenvalue weighted by Gasteiger charge is 2.37. The number of nitro groups is 1. The van der Waals surface area contributed by atoms with E-state index in [9.17, 15) is 15.2 Å². The van der Waals surface area contributed by atoms with Crippen molar-refractivity contribution in [3.05, 3.63) is 69.8 Å². The molecule has 0 radical (unpaired) electrons. The zero-order chi connectivity index (χ0) is 16.6. The number of nitrogens with zero attached hydrogens (tertiary/aromatic N) is 1. The van der Waals surface area contributed by atoms with Gasteiger partial charge in [0, 0.05) is 28.8 Å². The van der Waals surface area contributed by atoms with E-state index in [0.717, 1.165) is 5.69 Å². The minimum atomic E-state index is -0.468. The number of anilines is 1. The van der Waals surface area contributed by atoms with Gasteiger partial charge in [-0.15, -0.1) is 0 Å². The molecule has 0 fully saturated rings. The Morgan fingerprint density at radius 1 is 1.26 bits per heavy atom. The second kappa shape index (κ2) is 5.43. The Balaban J connectivity index is 1.90. The van der Waals surface area contributed by atoms with Crippen LogP contribution in [0.15, 0.2) is 48.5 Å². The van der Waals surface area contributed by atoms with E-state index in [1.165, 1.54) is 23.8 Å². The third-order valence-corrected chi connectivity index (χ3v) is 4.40. The van der Waals surface area contributed by atoms with E-state index in [-0.39, 0.29) is 22.9 Å². The maximum atomic E-state index is 10.9. The number of hydrogen-bond donors (Lipinski definition) is 2. The molecule has 1 aliphatic heterocycles. The topological polar surface area (TPSA) is 75.4 Å². The first kappa shape index (κ1) is 15.1. The molecule has 0 amide bonds. The van der Waals surface area contributed by atoms with Gasteiger partial charge in [-0.25, -0.2) is 0 Å². The van der Waals surface area contributed by atoms with Crippen LogP contribution in [-0.4, -0.2) is 16.1 Å². The first-order valence-electron chi connectivity index (χ1n) is 7.41. The lowest BCUT2D eigenvalue weighted by molar-refractivity contribution is -0.384. The zero-order valence-electron chi connectivity index (χ0n) is 13.0. The molecule has 0 aromatic heterocycles. The van der Waals surface area contributed by atoms with Gasteiger partial charge in [0.2, 0.25) is 0 Å². The number of benzene rings is 2. The molecule has 1 heterocycles. The molecule has 1 atom stereocenters. The molecule has 5 heteroatoms. The van der Waals surface area contributed by atoms with E-state index in [0.29, 0.717) is 5.56 Å². The Morgan fingerprint density at radius 3 is 2.70 bits per heavy atom. The summed E-state index contributed by atoms with van der Waals surface area (Å²) in [5, 5.41) is 24.2. The average Bonchev–Trinajstić information content (AvgIpc) is 2.77. The molecular formula is C18H18N2O3. The van der Waals surface area contributed by atoms with Crippen molar-refractivity contribution in [1.29, 1.82) is 0 Å². The summed E-state index contributed by atoms with van der Waals surface area (Å²) in [6, 6.07) is 12.2. The fourth-order valence-electron chi connectivity index (χ4n) is 2.96. The SMILES string of the molecule is CC1(C)c2ccccc2NC1/C=C/c1cc([N+](=O)[O-])ccc1O. The van der Waals surface area contributed by atoms with Crippen molar-refractivity contribution in [2.24, 2.45) is 0 Å². The summed E-state index contributed by atoms with van der Waals surface area (Å²) in [6.45, 7) is 4.29. The molecule has 1 aliphatic rings. The van der Waals surface area contributed by atoms with E-state index >= 15 is 0 Å². The third kappa shape index (κ3) is 2.65. The van der Waals surface area contributed by atoms with Crippen LogP contribution < -0.4 is 5.32 Å². The van der Waals surface area contributed by atoms with E-state index in [1.807, 2.05) is 24.3 Å². The highest BCUT2D eigenvalue weighted by atomic mass is 16.6. The first-order valence-corrected chi connectivity index (χ1v) is 7.41. The van der Waals surface area contributed by atoms with Crippen molar-refractivity contribution in [3.8, 4) is 5.75 Å². The molecule has 0 saturated carbocycles. The molecule has 0 aliphatic carbocycles. The summed E-state index contributed by atoms with van der Waals surface area (Å²) in [5.41, 5.74) is 2.62. The molecule has 5 nitrogen and oxygen atoms in total. The summed E-state index contributed by atoms with van der Waals surface area (Å²) in [5.74, 6) is 0.0279. The van der Waals surface area contributed by atoms with Gasteiger partial charge in [-0.05, 0) is 17.7 Å². The van der Waals surface area contributed by atoms with Crippen molar-refractivity contribution >= 4 is 17.5 Å². The monoisotopic (exact) mass is 310 g/mol. The number of fused-ring (bicyclic) bond motifs is 1. The number of nitrogens with one attached hydrogen (secondary N) is 1. The van der Waals surface area contributed by atoms with Crippen molar-refractivity contribution in [3.63, 3.8) is 0 Å². The molecule has 1 unspecified atom stereocenters. The molecular weight excluding hydrogens is 292 g/mol. The zero-order valence-corrected chi connectivity index (χ0v) is 13.0. The molecule has 118 valence electrons. The van der Waals surface area contributed by atoms with Crippen LogP contribution in [0.25, 0.3) is 6.08 Å². The Kier molecular flexibility index (Phi) is 3.56. The van der Waals surface area contributed by atoms with Crippen molar-refractivity contribution < 1.29 is 10.0 Å². The molecule has 2 aromatic rings. The van der Waals surface area contributed by atoms with E-state index in [1.54, 1.807) is 6.08 Å². The average molecular weight is 310 g/mol. The smallest absolute Gasteiger partial charge is 0.270 e. The van der Waals surface area contributed by atoms with Crippen LogP contribution in [0.4, 0.5) is 11.4 Å². The first-order chi connectivity index (χ1) is 10.9. The van der Waals surface area contributed by atoms with Gasteiger partial charge in [0.05, 0.1) is 11.0 Å². The number of rotatable bonds is 3. The maximum absolute atomic E-state index is 10.9. The number of non-ortho nitro benzene ring substituents is 1. The number of phenolic OH excluding ortho intramolecular Hbond substituents is 1. The van der Waals surface area contributed by atoms with Gasteiger partial charge < -0.3 is 10.4 Å². The van der Waals surface area contributed by atoms with Gasteiger partial charge in [0.25, 0.3) is 5.69 Å². The minimum Gasteiger partial charge on any atom is -0.507 e. The van der Waals surface area contributed by atoms with Crippen molar-refractivity contribution in [1.82, 2.24) is 0 Å². The van der Waals surface area contributed by atoms with Crippen LogP contribution in [0.1, 0.15) is 25.0 Å². The van der Waals surface area contributed by atoms with Crippen LogP contribution in [0.3, 0.4) is 0 Å². The van der Waals surface area contributed by atoms with Gasteiger partial charge in [-0.1, -0.05) is 44.2 Å². The highest BCUT2D eigenvalue weighted by molar-refractivity contribution is 5.66. The number of nitro benzene ring substituents is 1. The number of aromatic hydroxyl groups is 1. The normalized spacial score (nSPS) is 18.6. The Labute approximate surface area is 134 Å². The molecule has 23 heavy (non-hydrogen) atoms. The summed E-state index contributed by atoms with van der Waals surface area (Å²) < 4.78 is 0. The van der Waals surface area contributed by atoms with Gasteiger partial charge in [-0.3, -0.25) is 10.1 Å². The van der Waals surface area contributed by atoms with Crippen LogP contribution in [0, 0.1) is 10.1 Å². The van der Waals surface area contributed by atoms with E-state index in [2.05, 4.69) is 25.2 Å². The second-order valence-electron chi connectivity index (χ2n) is 6.25. The van der Waals surface area contributed by atoms with E-state index < -0.39 is 4.92 Å². The molecule has 3 rings (SSSR count). The molecule has 0 saturated heterocycles. The summed E-state index contributed by atoms with van der Waals surface area (Å²) in [4.78, 5) is 10.4. The number of para-hydroxylation sites is 1. The fraction of sp³-hybridized carbons (Fsp3) is 0.222. The number of phenols is 1. The fourth-order valence-corrected chi connectivity index (χ4v) is 2.96. The molecule has 0 bridgehead atoms. The Morgan fingerprint density at radius 2 is 2.00 bits per heavy atom. The lowest BCUT2D eigenvalue weighted by Gasteiger charge is -2.25. The van der Waals surface area contributed by atoms with Crippen molar-refractivity contribution in [2.75, 3.05) is 5.32 Å². The standard InChI is InChI=1S/C18H18N2O3/c1-18(2)14-5-3-4-6-15(14)19-17(18)10-7-12-11-13(20(22)23)8-9-16(12)21/h3-11,17,19,21H,1-2H3/b10-7+. The summed E-state index contributed by atoms with van der Waals surface area (Å²) in [6.07, 6.45) is 3.67. The Bertz CT molecular complexity index is 797. The summed E-state index contributed by atoms with van der Waals surface area (Å²) >= 11 is 0. The maximum Gasteiger partial charge on any atom is 0.270 e. The predicted octanol–water partition coefficient (Wildman–Crippen LogP) is 4.09. The van der Waals surface area contributed by atoms with Crippen molar-refractivity contribution in [2.45, 2.75) is 25.3 Å². The van der Waals surface area contributed by atoms with Crippen LogP contribution >= 0.6 is 0 Å². The van der Waals surface area contributed by atoms with E-state index in [4.69, 9.17) is 0 Å². The quantitative estimate of drug-likeness (QED) is 0.661. The third-order valence-electron chi connectivity index (χ3n) is 4.40. The van der Waals surface area contributed by atoms with Gasteiger partial charge in [0.15, 0.2) is 0 Å². The molecule has 0 spiro atoms. The predicted molar refractivity (Wildman–Crippen MR) is 90.7 cm³/mol. The second-order valence-corrected chi connectivity index (χ2v) is 6.25. The largest absolute Gasteiger partial charge is 0.507 e. The molecule has 2 aromatic carbocycles. The summed E-state index contributed by atoms with van der Waals surface area (Å²) in [7, 11) is 0. The van der Waals surface area contributed by atoms with Crippen LogP contribution in [0.2, 0.25) is 0 Å². The lowest BCUT2D eigenvalue weighted by atomic mass is 9.80.